The molecule has 0 aliphatic rings. The Morgan fingerprint density at radius 1 is 1.00 bits per heavy atom. The first-order chi connectivity index (χ1) is 12.9. The van der Waals surface area contributed by atoms with Crippen LogP contribution in [0.5, 0.6) is 0 Å². The number of rotatable bonds is 6. The molecule has 6 nitrogen and oxygen atoms in total. The van der Waals surface area contributed by atoms with Crippen LogP contribution in [-0.2, 0) is 10.0 Å². The van der Waals surface area contributed by atoms with Gasteiger partial charge in [-0.05, 0) is 55.5 Å². The zero-order valence-corrected chi connectivity index (χ0v) is 15.8. The van der Waals surface area contributed by atoms with E-state index in [1.807, 2.05) is 13.0 Å². The Hall–Kier alpha value is -3.06. The molecule has 0 spiro atoms. The number of carbonyl (C=O) groups excluding carboxylic acids is 1. The van der Waals surface area contributed by atoms with Crippen molar-refractivity contribution in [1.29, 1.82) is 0 Å². The maximum absolute atomic E-state index is 12.8. The van der Waals surface area contributed by atoms with Crippen molar-refractivity contribution in [3.8, 4) is 0 Å². The molecule has 0 aliphatic carbocycles. The van der Waals surface area contributed by atoms with E-state index in [4.69, 9.17) is 4.42 Å². The van der Waals surface area contributed by atoms with Crippen LogP contribution in [0.15, 0.2) is 82.3 Å². The first-order valence-electron chi connectivity index (χ1n) is 8.38. The molecular formula is C20H20N2O4S. The molecule has 0 bridgehead atoms. The molecule has 0 unspecified atom stereocenters. The maximum Gasteiger partial charge on any atom is 0.264 e. The Kier molecular flexibility index (Phi) is 5.32. The van der Waals surface area contributed by atoms with Crippen molar-refractivity contribution >= 4 is 21.6 Å². The molecule has 1 N–H and O–H groups in total. The Balaban J connectivity index is 1.75. The minimum Gasteiger partial charge on any atom is -0.467 e. The Bertz CT molecular complexity index is 998. The summed E-state index contributed by atoms with van der Waals surface area (Å²) in [5, 5.41) is 2.81. The molecule has 0 fully saturated rings. The number of nitrogens with one attached hydrogen (secondary N) is 1. The Labute approximate surface area is 158 Å². The lowest BCUT2D eigenvalue weighted by molar-refractivity contribution is 0.0935. The van der Waals surface area contributed by atoms with E-state index in [1.54, 1.807) is 42.7 Å². The van der Waals surface area contributed by atoms with E-state index in [-0.39, 0.29) is 16.8 Å². The summed E-state index contributed by atoms with van der Waals surface area (Å²) in [5.41, 5.74) is 0.932. The highest BCUT2D eigenvalue weighted by atomic mass is 32.2. The van der Waals surface area contributed by atoms with Gasteiger partial charge in [-0.25, -0.2) is 8.42 Å². The second kappa shape index (κ2) is 7.67. The van der Waals surface area contributed by atoms with E-state index in [1.165, 1.54) is 35.6 Å². The highest BCUT2D eigenvalue weighted by molar-refractivity contribution is 7.92. The molecule has 3 rings (SSSR count). The number of benzene rings is 2. The smallest absolute Gasteiger partial charge is 0.264 e. The summed E-state index contributed by atoms with van der Waals surface area (Å²) in [6, 6.07) is 17.9. The van der Waals surface area contributed by atoms with Crippen molar-refractivity contribution in [2.24, 2.45) is 0 Å². The zero-order valence-electron chi connectivity index (χ0n) is 15.0. The van der Waals surface area contributed by atoms with E-state index in [0.29, 0.717) is 17.0 Å². The second-order valence-corrected chi connectivity index (χ2v) is 8.01. The van der Waals surface area contributed by atoms with Gasteiger partial charge in [0.25, 0.3) is 15.9 Å². The monoisotopic (exact) mass is 384 g/mol. The van der Waals surface area contributed by atoms with Gasteiger partial charge in [0.05, 0.1) is 22.9 Å². The number of nitrogens with zero attached hydrogens (tertiary/aromatic N) is 1. The number of furan rings is 1. The highest BCUT2D eigenvalue weighted by Crippen LogP contribution is 2.22. The molecular weight excluding hydrogens is 364 g/mol. The van der Waals surface area contributed by atoms with Crippen LogP contribution in [0.2, 0.25) is 0 Å². The number of anilines is 1. The van der Waals surface area contributed by atoms with Gasteiger partial charge in [-0.1, -0.05) is 18.2 Å². The van der Waals surface area contributed by atoms with Crippen molar-refractivity contribution in [3.63, 3.8) is 0 Å². The molecule has 3 aromatic rings. The third-order valence-corrected chi connectivity index (χ3v) is 6.01. The summed E-state index contributed by atoms with van der Waals surface area (Å²) < 4.78 is 32.0. The number of hydrogen-bond acceptors (Lipinski definition) is 4. The number of para-hydroxylation sites is 1. The van der Waals surface area contributed by atoms with Crippen LogP contribution in [0.3, 0.4) is 0 Å². The number of carbonyl (C=O) groups is 1. The lowest BCUT2D eigenvalue weighted by atomic mass is 10.2. The summed E-state index contributed by atoms with van der Waals surface area (Å²) in [6.45, 7) is 1.81. The molecule has 1 amide bonds. The summed E-state index contributed by atoms with van der Waals surface area (Å²) in [6.07, 6.45) is 1.54. The molecule has 1 heterocycles. The fourth-order valence-corrected chi connectivity index (χ4v) is 3.80. The van der Waals surface area contributed by atoms with Crippen molar-refractivity contribution in [3.05, 3.63) is 84.3 Å². The van der Waals surface area contributed by atoms with Crippen molar-refractivity contribution < 1.29 is 17.6 Å². The van der Waals surface area contributed by atoms with Crippen LogP contribution in [0.1, 0.15) is 29.1 Å². The summed E-state index contributed by atoms with van der Waals surface area (Å²) in [5.74, 6) is 0.339. The quantitative estimate of drug-likeness (QED) is 0.704. The molecule has 0 saturated heterocycles. The summed E-state index contributed by atoms with van der Waals surface area (Å²) in [7, 11) is -2.21. The minimum atomic E-state index is -3.71. The number of amides is 1. The minimum absolute atomic E-state index is 0.115. The van der Waals surface area contributed by atoms with E-state index in [2.05, 4.69) is 5.32 Å². The van der Waals surface area contributed by atoms with Gasteiger partial charge in [-0.3, -0.25) is 9.10 Å². The van der Waals surface area contributed by atoms with Crippen molar-refractivity contribution in [2.75, 3.05) is 11.4 Å². The van der Waals surface area contributed by atoms with Gasteiger partial charge in [0.1, 0.15) is 5.76 Å². The van der Waals surface area contributed by atoms with E-state index in [9.17, 15) is 13.2 Å². The average Bonchev–Trinajstić information content (AvgIpc) is 3.23. The molecule has 0 aliphatic heterocycles. The number of sulfonamides is 1. The van der Waals surface area contributed by atoms with Gasteiger partial charge in [-0.15, -0.1) is 0 Å². The van der Waals surface area contributed by atoms with Crippen LogP contribution >= 0.6 is 0 Å². The molecule has 7 heteroatoms. The van der Waals surface area contributed by atoms with E-state index < -0.39 is 10.0 Å². The van der Waals surface area contributed by atoms with Gasteiger partial charge in [-0.2, -0.15) is 0 Å². The molecule has 1 aromatic heterocycles. The number of hydrogen-bond donors (Lipinski definition) is 1. The third-order valence-electron chi connectivity index (χ3n) is 4.21. The van der Waals surface area contributed by atoms with Crippen LogP contribution in [-0.4, -0.2) is 21.4 Å². The van der Waals surface area contributed by atoms with Gasteiger partial charge in [0, 0.05) is 12.6 Å². The molecule has 140 valence electrons. The zero-order chi connectivity index (χ0) is 19.4. The molecule has 0 radical (unpaired) electrons. The second-order valence-electron chi connectivity index (χ2n) is 6.04. The summed E-state index contributed by atoms with van der Waals surface area (Å²) in [4.78, 5) is 12.5. The van der Waals surface area contributed by atoms with Crippen LogP contribution in [0, 0.1) is 0 Å². The van der Waals surface area contributed by atoms with Gasteiger partial charge >= 0.3 is 0 Å². The highest BCUT2D eigenvalue weighted by Gasteiger charge is 2.22. The molecule has 27 heavy (non-hydrogen) atoms. The predicted octanol–water partition coefficient (Wildman–Crippen LogP) is 3.60. The maximum atomic E-state index is 12.8. The van der Waals surface area contributed by atoms with Gasteiger partial charge < -0.3 is 9.73 Å². The largest absolute Gasteiger partial charge is 0.467 e. The molecule has 2 aromatic carbocycles. The van der Waals surface area contributed by atoms with Crippen LogP contribution in [0.25, 0.3) is 0 Å². The fourth-order valence-electron chi connectivity index (χ4n) is 2.60. The lowest BCUT2D eigenvalue weighted by Crippen LogP contribution is -2.27. The van der Waals surface area contributed by atoms with E-state index >= 15 is 0 Å². The van der Waals surface area contributed by atoms with E-state index in [0.717, 1.165) is 0 Å². The topological polar surface area (TPSA) is 79.6 Å². The third kappa shape index (κ3) is 4.03. The lowest BCUT2D eigenvalue weighted by Gasteiger charge is -2.19. The van der Waals surface area contributed by atoms with Gasteiger partial charge in [0.2, 0.25) is 0 Å². The van der Waals surface area contributed by atoms with Gasteiger partial charge in [0.15, 0.2) is 0 Å². The SMILES string of the molecule is C[C@H](NC(=O)c1ccc(S(=O)(=O)N(C)c2ccccc2)cc1)c1ccco1. The average molecular weight is 384 g/mol. The summed E-state index contributed by atoms with van der Waals surface area (Å²) >= 11 is 0. The van der Waals surface area contributed by atoms with Crippen LogP contribution < -0.4 is 9.62 Å². The van der Waals surface area contributed by atoms with Crippen molar-refractivity contribution in [2.45, 2.75) is 17.9 Å². The predicted molar refractivity (Wildman–Crippen MR) is 103 cm³/mol. The first kappa shape index (κ1) is 18.7. The Morgan fingerprint density at radius 3 is 2.26 bits per heavy atom. The molecule has 0 saturated carbocycles. The van der Waals surface area contributed by atoms with Crippen molar-refractivity contribution in [1.82, 2.24) is 5.32 Å². The molecule has 1 atom stereocenters. The Morgan fingerprint density at radius 2 is 1.67 bits per heavy atom. The van der Waals surface area contributed by atoms with Crippen LogP contribution in [0.4, 0.5) is 5.69 Å². The fraction of sp³-hybridized carbons (Fsp3) is 0.150. The first-order valence-corrected chi connectivity index (χ1v) is 9.82. The standard InChI is InChI=1S/C20H20N2O4S/c1-15(19-9-6-14-26-19)21-20(23)16-10-12-18(13-11-16)27(24,25)22(2)17-7-4-3-5-8-17/h3-15H,1-2H3,(H,21,23)/t15-/m0/s1. The normalized spacial score (nSPS) is 12.4.